The molecule has 2 aromatic rings. The van der Waals surface area contributed by atoms with E-state index in [1.54, 1.807) is 30.4 Å². The summed E-state index contributed by atoms with van der Waals surface area (Å²) in [4.78, 5) is 12.7. The number of rotatable bonds is 6. The van der Waals surface area contributed by atoms with E-state index in [-0.39, 0.29) is 11.7 Å². The zero-order chi connectivity index (χ0) is 17.6. The number of carbonyl (C=O) groups excluding carboxylic acids is 1. The number of benzene rings is 2. The fourth-order valence-corrected chi connectivity index (χ4v) is 3.23. The van der Waals surface area contributed by atoms with E-state index in [1.807, 2.05) is 24.3 Å². The molecule has 3 rings (SSSR count). The third kappa shape index (κ3) is 4.42. The molecule has 1 saturated heterocycles. The molecule has 0 saturated carbocycles. The Morgan fingerprint density at radius 1 is 1.24 bits per heavy atom. The molecule has 1 fully saturated rings. The molecular weight excluding hydrogens is 339 g/mol. The minimum absolute atomic E-state index is 0.189. The van der Waals surface area contributed by atoms with Crippen molar-refractivity contribution < 1.29 is 13.9 Å². The van der Waals surface area contributed by atoms with Gasteiger partial charge in [0.1, 0.15) is 18.2 Å². The zero-order valence-electron chi connectivity index (χ0n) is 13.4. The smallest absolute Gasteiger partial charge is 0.260 e. The van der Waals surface area contributed by atoms with E-state index >= 15 is 0 Å². The van der Waals surface area contributed by atoms with Gasteiger partial charge in [-0.15, -0.1) is 0 Å². The van der Waals surface area contributed by atoms with Gasteiger partial charge in [0.2, 0.25) is 0 Å². The first-order valence-electron chi connectivity index (χ1n) is 7.70. The highest BCUT2D eigenvalue weighted by atomic mass is 32.2. The van der Waals surface area contributed by atoms with Crippen molar-refractivity contribution in [1.82, 2.24) is 5.32 Å². The van der Waals surface area contributed by atoms with Crippen LogP contribution in [0.25, 0.3) is 6.08 Å². The van der Waals surface area contributed by atoms with E-state index in [0.29, 0.717) is 17.2 Å². The maximum absolute atomic E-state index is 13.7. The maximum atomic E-state index is 13.7. The van der Waals surface area contributed by atoms with Crippen molar-refractivity contribution in [2.45, 2.75) is 5.50 Å². The number of para-hydroxylation sites is 1. The summed E-state index contributed by atoms with van der Waals surface area (Å²) in [5.74, 6) is 0.195. The summed E-state index contributed by atoms with van der Waals surface area (Å²) < 4.78 is 19.1. The summed E-state index contributed by atoms with van der Waals surface area (Å²) in [6.07, 6.45) is 3.47. The van der Waals surface area contributed by atoms with Crippen molar-refractivity contribution in [3.05, 3.63) is 77.5 Å². The normalized spacial score (nSPS) is 18.0. The number of hydrogen-bond acceptors (Lipinski definition) is 4. The molecule has 2 aromatic carbocycles. The molecule has 0 aromatic heterocycles. The lowest BCUT2D eigenvalue weighted by atomic mass is 10.2. The van der Waals surface area contributed by atoms with Crippen LogP contribution in [0.3, 0.4) is 0 Å². The van der Waals surface area contributed by atoms with Crippen LogP contribution < -0.4 is 15.4 Å². The first-order chi connectivity index (χ1) is 12.2. The summed E-state index contributed by atoms with van der Waals surface area (Å²) in [5, 5.41) is 5.75. The predicted molar refractivity (Wildman–Crippen MR) is 99.7 cm³/mol. The second kappa shape index (κ2) is 7.90. The van der Waals surface area contributed by atoms with Gasteiger partial charge in [-0.25, -0.2) is 4.39 Å². The van der Waals surface area contributed by atoms with Crippen LogP contribution in [0.15, 0.2) is 66.1 Å². The quantitative estimate of drug-likeness (QED) is 0.607. The molecule has 6 heteroatoms. The minimum Gasteiger partial charge on any atom is -0.490 e. The largest absolute Gasteiger partial charge is 0.490 e. The molecule has 1 atom stereocenters. The Morgan fingerprint density at radius 2 is 2.00 bits per heavy atom. The van der Waals surface area contributed by atoms with Gasteiger partial charge in [-0.05, 0) is 35.9 Å². The molecular formula is C19H17FN2O2S. The number of anilines is 1. The number of halogens is 1. The van der Waals surface area contributed by atoms with Gasteiger partial charge >= 0.3 is 0 Å². The van der Waals surface area contributed by atoms with Crippen LogP contribution in [0, 0.1) is 5.82 Å². The number of carbonyl (C=O) groups is 1. The highest BCUT2D eigenvalue weighted by Gasteiger charge is 2.27. The van der Waals surface area contributed by atoms with E-state index in [1.165, 1.54) is 17.8 Å². The topological polar surface area (TPSA) is 50.4 Å². The molecule has 128 valence electrons. The fraction of sp³-hybridized carbons (Fsp3) is 0.105. The molecule has 0 radical (unpaired) electrons. The van der Waals surface area contributed by atoms with E-state index < -0.39 is 5.50 Å². The maximum Gasteiger partial charge on any atom is 0.260 e. The van der Waals surface area contributed by atoms with Crippen LogP contribution >= 0.6 is 11.8 Å². The van der Waals surface area contributed by atoms with E-state index in [4.69, 9.17) is 4.74 Å². The molecule has 1 unspecified atom stereocenters. The van der Waals surface area contributed by atoms with Crippen molar-refractivity contribution in [2.24, 2.45) is 0 Å². The Bertz CT molecular complexity index is 805. The van der Waals surface area contributed by atoms with Crippen molar-refractivity contribution >= 4 is 29.4 Å². The number of nitrogens with one attached hydrogen (secondary N) is 2. The lowest BCUT2D eigenvalue weighted by Crippen LogP contribution is -2.31. The predicted octanol–water partition coefficient (Wildman–Crippen LogP) is 3.99. The average Bonchev–Trinajstić information content (AvgIpc) is 2.95. The van der Waals surface area contributed by atoms with Crippen LogP contribution in [0.4, 0.5) is 10.1 Å². The minimum atomic E-state index is -0.411. The van der Waals surface area contributed by atoms with Crippen LogP contribution in [-0.4, -0.2) is 18.0 Å². The third-order valence-corrected chi connectivity index (χ3v) is 4.47. The first kappa shape index (κ1) is 17.1. The van der Waals surface area contributed by atoms with Gasteiger partial charge < -0.3 is 15.4 Å². The van der Waals surface area contributed by atoms with Crippen molar-refractivity contribution in [3.63, 3.8) is 0 Å². The SMILES string of the molecule is C=CCOc1ccc(/C=C2\SC(Nc3ccccc3F)NC2=O)cc1. The molecule has 25 heavy (non-hydrogen) atoms. The third-order valence-electron chi connectivity index (χ3n) is 3.44. The molecule has 0 aliphatic carbocycles. The first-order valence-corrected chi connectivity index (χ1v) is 8.58. The lowest BCUT2D eigenvalue weighted by molar-refractivity contribution is -0.116. The molecule has 4 nitrogen and oxygen atoms in total. The Kier molecular flexibility index (Phi) is 5.40. The number of ether oxygens (including phenoxy) is 1. The van der Waals surface area contributed by atoms with Gasteiger partial charge in [0.15, 0.2) is 5.50 Å². The Morgan fingerprint density at radius 3 is 2.72 bits per heavy atom. The Labute approximate surface area is 149 Å². The Balaban J connectivity index is 1.66. The summed E-state index contributed by atoms with van der Waals surface area (Å²) in [7, 11) is 0. The van der Waals surface area contributed by atoms with Crippen LogP contribution in [0.2, 0.25) is 0 Å². The molecule has 1 heterocycles. The van der Waals surface area contributed by atoms with Crippen molar-refractivity contribution in [2.75, 3.05) is 11.9 Å². The zero-order valence-corrected chi connectivity index (χ0v) is 14.2. The number of hydrogen-bond donors (Lipinski definition) is 2. The molecule has 2 N–H and O–H groups in total. The molecule has 1 aliphatic heterocycles. The second-order valence-corrected chi connectivity index (χ2v) is 6.42. The van der Waals surface area contributed by atoms with Crippen molar-refractivity contribution in [3.8, 4) is 5.75 Å². The highest BCUT2D eigenvalue weighted by Crippen LogP contribution is 2.31. The van der Waals surface area contributed by atoms with Crippen LogP contribution in [0.5, 0.6) is 5.75 Å². The van der Waals surface area contributed by atoms with E-state index in [9.17, 15) is 9.18 Å². The van der Waals surface area contributed by atoms with E-state index in [0.717, 1.165) is 11.3 Å². The van der Waals surface area contributed by atoms with Gasteiger partial charge in [-0.3, -0.25) is 4.79 Å². The van der Waals surface area contributed by atoms with Gasteiger partial charge in [0.05, 0.1) is 10.6 Å². The molecule has 0 bridgehead atoms. The fourth-order valence-electron chi connectivity index (χ4n) is 2.25. The van der Waals surface area contributed by atoms with Gasteiger partial charge in [0.25, 0.3) is 5.91 Å². The molecule has 1 amide bonds. The summed E-state index contributed by atoms with van der Waals surface area (Å²) >= 11 is 1.31. The lowest BCUT2D eigenvalue weighted by Gasteiger charge is -2.12. The summed E-state index contributed by atoms with van der Waals surface area (Å²) in [5.41, 5.74) is 0.825. The van der Waals surface area contributed by atoms with E-state index in [2.05, 4.69) is 17.2 Å². The van der Waals surface area contributed by atoms with Crippen LogP contribution in [0.1, 0.15) is 5.56 Å². The average molecular weight is 356 g/mol. The molecule has 1 aliphatic rings. The summed E-state index contributed by atoms with van der Waals surface area (Å²) in [6.45, 7) is 4.05. The number of thioether (sulfide) groups is 1. The standard InChI is InChI=1S/C19H17FN2O2S/c1-2-11-24-14-9-7-13(8-10-14)12-17-18(23)22-19(25-17)21-16-6-4-3-5-15(16)20/h2-10,12,19,21H,1,11H2,(H,22,23)/b17-12-. The Hall–Kier alpha value is -2.73. The molecule has 0 spiro atoms. The van der Waals surface area contributed by atoms with Gasteiger partial charge in [0, 0.05) is 0 Å². The van der Waals surface area contributed by atoms with Gasteiger partial charge in [-0.1, -0.05) is 48.7 Å². The monoisotopic (exact) mass is 356 g/mol. The van der Waals surface area contributed by atoms with Crippen molar-refractivity contribution in [1.29, 1.82) is 0 Å². The highest BCUT2D eigenvalue weighted by molar-refractivity contribution is 8.05. The number of amides is 1. The van der Waals surface area contributed by atoms with Gasteiger partial charge in [-0.2, -0.15) is 0 Å². The summed E-state index contributed by atoms with van der Waals surface area (Å²) in [6, 6.07) is 13.8. The van der Waals surface area contributed by atoms with Crippen LogP contribution in [-0.2, 0) is 4.79 Å². The second-order valence-electron chi connectivity index (χ2n) is 5.27.